The van der Waals surface area contributed by atoms with Crippen molar-refractivity contribution in [3.05, 3.63) is 52.7 Å². The summed E-state index contributed by atoms with van der Waals surface area (Å²) >= 11 is 0. The maximum Gasteiger partial charge on any atom is 0.341 e. The molecule has 0 atom stereocenters. The van der Waals surface area contributed by atoms with Crippen molar-refractivity contribution in [1.29, 1.82) is 0 Å². The third kappa shape index (κ3) is 3.12. The highest BCUT2D eigenvalue weighted by Gasteiger charge is 2.20. The van der Waals surface area contributed by atoms with Crippen LogP contribution < -0.4 is 14.9 Å². The number of rotatable bonds is 5. The zero-order valence-corrected chi connectivity index (χ0v) is 13.2. The van der Waals surface area contributed by atoms with Crippen LogP contribution in [-0.4, -0.2) is 29.9 Å². The van der Waals surface area contributed by atoms with Crippen molar-refractivity contribution in [1.82, 2.24) is 0 Å². The first-order chi connectivity index (χ1) is 12.0. The molecular formula is C18H14O7. The maximum absolute atomic E-state index is 12.4. The van der Waals surface area contributed by atoms with Crippen LogP contribution in [0.2, 0.25) is 0 Å². The molecule has 0 saturated heterocycles. The second kappa shape index (κ2) is 6.56. The molecule has 0 aliphatic carbocycles. The number of ether oxygens (including phenoxy) is 2. The van der Waals surface area contributed by atoms with Crippen LogP contribution in [-0.2, 0) is 4.79 Å². The molecule has 128 valence electrons. The molecule has 1 heterocycles. The summed E-state index contributed by atoms with van der Waals surface area (Å²) < 4.78 is 15.9. The number of aliphatic carboxylic acids is 1. The van der Waals surface area contributed by atoms with E-state index in [1.54, 1.807) is 24.3 Å². The molecular weight excluding hydrogens is 328 g/mol. The number of fused-ring (bicyclic) bond motifs is 1. The van der Waals surface area contributed by atoms with Gasteiger partial charge in [-0.1, -0.05) is 30.3 Å². The third-order valence-corrected chi connectivity index (χ3v) is 3.53. The van der Waals surface area contributed by atoms with Gasteiger partial charge in [-0.05, 0) is 0 Å². The van der Waals surface area contributed by atoms with E-state index in [-0.39, 0.29) is 22.5 Å². The van der Waals surface area contributed by atoms with Crippen LogP contribution in [0.4, 0.5) is 0 Å². The molecule has 3 rings (SSSR count). The van der Waals surface area contributed by atoms with Crippen molar-refractivity contribution in [2.75, 3.05) is 13.7 Å². The number of hydrogen-bond acceptors (Lipinski definition) is 6. The van der Waals surface area contributed by atoms with Gasteiger partial charge in [-0.25, -0.2) is 4.79 Å². The Bertz CT molecular complexity index is 990. The van der Waals surface area contributed by atoms with E-state index >= 15 is 0 Å². The van der Waals surface area contributed by atoms with Gasteiger partial charge >= 0.3 is 5.97 Å². The van der Waals surface area contributed by atoms with Gasteiger partial charge < -0.3 is 24.1 Å². The lowest BCUT2D eigenvalue weighted by molar-refractivity contribution is -0.139. The summed E-state index contributed by atoms with van der Waals surface area (Å²) in [4.78, 5) is 23.1. The van der Waals surface area contributed by atoms with Crippen LogP contribution in [0.25, 0.3) is 22.3 Å². The smallest absolute Gasteiger partial charge is 0.341 e. The van der Waals surface area contributed by atoms with E-state index in [0.29, 0.717) is 11.3 Å². The normalized spacial score (nSPS) is 10.6. The lowest BCUT2D eigenvalue weighted by Gasteiger charge is -2.13. The number of benzene rings is 2. The number of carboxylic acid groups (broad SMARTS) is 1. The van der Waals surface area contributed by atoms with Gasteiger partial charge in [0.2, 0.25) is 5.75 Å². The molecule has 3 aromatic rings. The van der Waals surface area contributed by atoms with Crippen LogP contribution in [0.1, 0.15) is 0 Å². The number of hydrogen-bond donors (Lipinski definition) is 2. The van der Waals surface area contributed by atoms with Crippen LogP contribution in [0.3, 0.4) is 0 Å². The number of carbonyl (C=O) groups is 1. The summed E-state index contributed by atoms with van der Waals surface area (Å²) in [5, 5.41) is 19.0. The summed E-state index contributed by atoms with van der Waals surface area (Å²) in [7, 11) is 1.27. The SMILES string of the molecule is COc1c(OCC(=O)O)cc2oc(-c3ccccc3)cc(=O)c2c1O. The van der Waals surface area contributed by atoms with E-state index in [2.05, 4.69) is 0 Å². The van der Waals surface area contributed by atoms with Crippen LogP contribution in [0.5, 0.6) is 17.2 Å². The lowest BCUT2D eigenvalue weighted by Crippen LogP contribution is -2.10. The highest BCUT2D eigenvalue weighted by atomic mass is 16.5. The molecule has 0 saturated carbocycles. The van der Waals surface area contributed by atoms with Gasteiger partial charge in [0.15, 0.2) is 23.5 Å². The molecule has 2 N–H and O–H groups in total. The minimum Gasteiger partial charge on any atom is -0.504 e. The molecule has 7 nitrogen and oxygen atoms in total. The van der Waals surface area contributed by atoms with Crippen molar-refractivity contribution in [3.63, 3.8) is 0 Å². The number of methoxy groups -OCH3 is 1. The molecule has 0 aliphatic heterocycles. The average molecular weight is 342 g/mol. The first kappa shape index (κ1) is 16.4. The third-order valence-electron chi connectivity index (χ3n) is 3.53. The molecule has 0 unspecified atom stereocenters. The van der Waals surface area contributed by atoms with Crippen molar-refractivity contribution in [2.45, 2.75) is 0 Å². The Balaban J connectivity index is 2.22. The molecule has 0 bridgehead atoms. The number of phenolic OH excluding ortho intramolecular Hbond substituents is 1. The summed E-state index contributed by atoms with van der Waals surface area (Å²) in [6, 6.07) is 11.6. The summed E-state index contributed by atoms with van der Waals surface area (Å²) in [5.74, 6) is -1.52. The predicted molar refractivity (Wildman–Crippen MR) is 89.3 cm³/mol. The van der Waals surface area contributed by atoms with E-state index < -0.39 is 23.8 Å². The fourth-order valence-corrected chi connectivity index (χ4v) is 2.45. The average Bonchev–Trinajstić information content (AvgIpc) is 2.60. The van der Waals surface area contributed by atoms with Gasteiger partial charge in [-0.15, -0.1) is 0 Å². The van der Waals surface area contributed by atoms with Crippen LogP contribution in [0, 0.1) is 0 Å². The molecule has 0 fully saturated rings. The van der Waals surface area contributed by atoms with Crippen molar-refractivity contribution >= 4 is 16.9 Å². The quantitative estimate of drug-likeness (QED) is 0.734. The minimum atomic E-state index is -1.19. The molecule has 1 aromatic heterocycles. The summed E-state index contributed by atoms with van der Waals surface area (Å²) in [5.41, 5.74) is 0.288. The maximum atomic E-state index is 12.4. The highest BCUT2D eigenvalue weighted by molar-refractivity contribution is 5.89. The zero-order valence-electron chi connectivity index (χ0n) is 13.2. The zero-order chi connectivity index (χ0) is 18.0. The highest BCUT2D eigenvalue weighted by Crippen LogP contribution is 2.42. The van der Waals surface area contributed by atoms with Gasteiger partial charge in [0.25, 0.3) is 0 Å². The van der Waals surface area contributed by atoms with Gasteiger partial charge in [-0.3, -0.25) is 4.79 Å². The molecule has 0 spiro atoms. The summed E-state index contributed by atoms with van der Waals surface area (Å²) in [6.45, 7) is -0.635. The summed E-state index contributed by atoms with van der Waals surface area (Å²) in [6.07, 6.45) is 0. The van der Waals surface area contributed by atoms with Crippen molar-refractivity contribution in [2.24, 2.45) is 0 Å². The Morgan fingerprint density at radius 1 is 1.20 bits per heavy atom. The monoisotopic (exact) mass is 342 g/mol. The Labute approximate surface area is 141 Å². The number of carboxylic acids is 1. The first-order valence-corrected chi connectivity index (χ1v) is 7.29. The Hall–Kier alpha value is -3.48. The first-order valence-electron chi connectivity index (χ1n) is 7.29. The van der Waals surface area contributed by atoms with Crippen LogP contribution >= 0.6 is 0 Å². The second-order valence-corrected chi connectivity index (χ2v) is 5.15. The minimum absolute atomic E-state index is 0.0386. The van der Waals surface area contributed by atoms with Crippen molar-refractivity contribution < 1.29 is 28.9 Å². The van der Waals surface area contributed by atoms with E-state index in [1.807, 2.05) is 6.07 Å². The van der Waals surface area contributed by atoms with E-state index in [9.17, 15) is 14.7 Å². The van der Waals surface area contributed by atoms with E-state index in [0.717, 1.165) is 0 Å². The standard InChI is InChI=1S/C18H14O7/c1-23-18-14(24-9-15(20)21)8-13-16(17(18)22)11(19)7-12(25-13)10-5-3-2-4-6-10/h2-8,22H,9H2,1H3,(H,20,21). The molecule has 7 heteroatoms. The number of aromatic hydroxyl groups is 1. The van der Waals surface area contributed by atoms with Gasteiger partial charge in [0, 0.05) is 17.7 Å². The molecule has 25 heavy (non-hydrogen) atoms. The van der Waals surface area contributed by atoms with E-state index in [1.165, 1.54) is 19.2 Å². The number of phenols is 1. The van der Waals surface area contributed by atoms with Gasteiger partial charge in [0.1, 0.15) is 16.7 Å². The lowest BCUT2D eigenvalue weighted by atomic mass is 10.1. The molecule has 0 amide bonds. The Kier molecular flexibility index (Phi) is 4.30. The molecule has 0 radical (unpaired) electrons. The molecule has 0 aliphatic rings. The van der Waals surface area contributed by atoms with Gasteiger partial charge in [0.05, 0.1) is 7.11 Å². The fraction of sp³-hybridized carbons (Fsp3) is 0.111. The van der Waals surface area contributed by atoms with Crippen molar-refractivity contribution in [3.8, 4) is 28.6 Å². The van der Waals surface area contributed by atoms with Gasteiger partial charge in [-0.2, -0.15) is 0 Å². The largest absolute Gasteiger partial charge is 0.504 e. The van der Waals surface area contributed by atoms with E-state index in [4.69, 9.17) is 19.0 Å². The molecule has 2 aromatic carbocycles. The topological polar surface area (TPSA) is 106 Å². The second-order valence-electron chi connectivity index (χ2n) is 5.15. The Morgan fingerprint density at radius 2 is 1.92 bits per heavy atom. The Morgan fingerprint density at radius 3 is 2.56 bits per heavy atom. The van der Waals surface area contributed by atoms with Crippen LogP contribution in [0.15, 0.2) is 51.7 Å². The fourth-order valence-electron chi connectivity index (χ4n) is 2.45. The predicted octanol–water partition coefficient (Wildman–Crippen LogP) is 2.64.